The number of halogens is 1. The van der Waals surface area contributed by atoms with E-state index in [1.165, 1.54) is 0 Å². The number of ketones is 1. The maximum atomic E-state index is 11.9. The van der Waals surface area contributed by atoms with Crippen LogP contribution in [0.2, 0.25) is 0 Å². The Bertz CT molecular complexity index is 638. The smallest absolute Gasteiger partial charge is 0.166 e. The highest BCUT2D eigenvalue weighted by Gasteiger charge is 2.11. The third kappa shape index (κ3) is 3.85. The molecule has 0 radical (unpaired) electrons. The van der Waals surface area contributed by atoms with Crippen molar-refractivity contribution in [2.75, 3.05) is 7.11 Å². The molecule has 0 aromatic heterocycles. The van der Waals surface area contributed by atoms with Crippen LogP contribution in [-0.2, 0) is 6.61 Å². The number of carbonyl (C=O) groups is 1. The number of carbonyl (C=O) groups excluding carboxylic acids is 1. The highest BCUT2D eigenvalue weighted by molar-refractivity contribution is 9.10. The van der Waals surface area contributed by atoms with Gasteiger partial charge in [-0.1, -0.05) is 35.0 Å². The number of ether oxygens (including phenoxy) is 2. The van der Waals surface area contributed by atoms with Gasteiger partial charge in [-0.25, -0.2) is 0 Å². The number of hydrogen-bond acceptors (Lipinski definition) is 3. The molecule has 0 aliphatic heterocycles. The van der Waals surface area contributed by atoms with E-state index >= 15 is 0 Å². The third-order valence-electron chi connectivity index (χ3n) is 3.13. The molecule has 0 heterocycles. The average molecular weight is 349 g/mol. The van der Waals surface area contributed by atoms with E-state index in [0.717, 1.165) is 15.8 Å². The molecule has 0 saturated heterocycles. The van der Waals surface area contributed by atoms with Gasteiger partial charge >= 0.3 is 0 Å². The normalized spacial score (nSPS) is 10.2. The zero-order chi connectivity index (χ0) is 15.2. The number of para-hydroxylation sites is 1. The lowest BCUT2D eigenvalue weighted by atomic mass is 10.1. The maximum absolute atomic E-state index is 11.9. The van der Waals surface area contributed by atoms with Crippen LogP contribution in [0.3, 0.4) is 0 Å². The van der Waals surface area contributed by atoms with Crippen molar-refractivity contribution in [3.05, 3.63) is 58.1 Å². The maximum Gasteiger partial charge on any atom is 0.166 e. The van der Waals surface area contributed by atoms with Gasteiger partial charge in [0.1, 0.15) is 18.1 Å². The van der Waals surface area contributed by atoms with Crippen LogP contribution < -0.4 is 9.47 Å². The fourth-order valence-electron chi connectivity index (χ4n) is 2.03. The van der Waals surface area contributed by atoms with Gasteiger partial charge < -0.3 is 9.47 Å². The van der Waals surface area contributed by atoms with Crippen LogP contribution in [0.5, 0.6) is 11.5 Å². The van der Waals surface area contributed by atoms with Crippen molar-refractivity contribution in [2.24, 2.45) is 0 Å². The van der Waals surface area contributed by atoms with E-state index in [9.17, 15) is 4.79 Å². The summed E-state index contributed by atoms with van der Waals surface area (Å²) in [5.74, 6) is 1.44. The molecule has 0 aliphatic rings. The molecular formula is C17H17BrO3. The molecule has 0 fully saturated rings. The Morgan fingerprint density at radius 1 is 1.14 bits per heavy atom. The molecule has 2 rings (SSSR count). The predicted molar refractivity (Wildman–Crippen MR) is 86.1 cm³/mol. The number of hydrogen-bond donors (Lipinski definition) is 0. The first kappa shape index (κ1) is 15.6. The molecule has 2 aromatic carbocycles. The molecule has 2 aromatic rings. The first-order valence-electron chi connectivity index (χ1n) is 6.73. The Morgan fingerprint density at radius 2 is 1.90 bits per heavy atom. The molecule has 0 unspecified atom stereocenters. The van der Waals surface area contributed by atoms with Crippen LogP contribution in [0.1, 0.15) is 29.3 Å². The van der Waals surface area contributed by atoms with Crippen molar-refractivity contribution in [3.63, 3.8) is 0 Å². The molecule has 0 atom stereocenters. The average Bonchev–Trinajstić information content (AvgIpc) is 2.52. The molecule has 0 saturated carbocycles. The molecule has 21 heavy (non-hydrogen) atoms. The van der Waals surface area contributed by atoms with E-state index in [-0.39, 0.29) is 5.78 Å². The molecule has 0 aliphatic carbocycles. The van der Waals surface area contributed by atoms with Crippen LogP contribution in [0.15, 0.2) is 46.9 Å². The largest absolute Gasteiger partial charge is 0.496 e. The van der Waals surface area contributed by atoms with Crippen molar-refractivity contribution >= 4 is 21.7 Å². The number of rotatable bonds is 6. The first-order valence-corrected chi connectivity index (χ1v) is 7.52. The first-order chi connectivity index (χ1) is 10.2. The summed E-state index contributed by atoms with van der Waals surface area (Å²) in [5.41, 5.74) is 1.54. The predicted octanol–water partition coefficient (Wildman–Crippen LogP) is 4.63. The number of Topliss-reactive ketones (excluding diaryl/α,β-unsaturated/α-hetero) is 1. The van der Waals surface area contributed by atoms with Crippen LogP contribution in [-0.4, -0.2) is 12.9 Å². The summed E-state index contributed by atoms with van der Waals surface area (Å²) in [5, 5.41) is 0. The van der Waals surface area contributed by atoms with Gasteiger partial charge in [0.25, 0.3) is 0 Å². The van der Waals surface area contributed by atoms with E-state index in [0.29, 0.717) is 24.3 Å². The standard InChI is InChI=1S/C17H17BrO3/c1-3-15(19)14-6-4-5-7-17(14)21-11-12-10-13(18)8-9-16(12)20-2/h4-10H,3,11H2,1-2H3. The topological polar surface area (TPSA) is 35.5 Å². The summed E-state index contributed by atoms with van der Waals surface area (Å²) >= 11 is 3.44. The summed E-state index contributed by atoms with van der Waals surface area (Å²) in [6.45, 7) is 2.19. The van der Waals surface area contributed by atoms with Gasteiger partial charge in [0.15, 0.2) is 5.78 Å². The van der Waals surface area contributed by atoms with Crippen molar-refractivity contribution in [3.8, 4) is 11.5 Å². The van der Waals surface area contributed by atoms with E-state index in [1.54, 1.807) is 13.2 Å². The van der Waals surface area contributed by atoms with E-state index in [4.69, 9.17) is 9.47 Å². The SMILES string of the molecule is CCC(=O)c1ccccc1OCc1cc(Br)ccc1OC. The van der Waals surface area contributed by atoms with Crippen LogP contribution in [0.25, 0.3) is 0 Å². The summed E-state index contributed by atoms with van der Waals surface area (Å²) in [6.07, 6.45) is 0.459. The fraction of sp³-hybridized carbons (Fsp3) is 0.235. The van der Waals surface area contributed by atoms with E-state index in [2.05, 4.69) is 15.9 Å². The minimum atomic E-state index is 0.0757. The van der Waals surface area contributed by atoms with Crippen molar-refractivity contribution in [1.29, 1.82) is 0 Å². The lowest BCUT2D eigenvalue weighted by Gasteiger charge is -2.13. The zero-order valence-corrected chi connectivity index (χ0v) is 13.6. The monoisotopic (exact) mass is 348 g/mol. The zero-order valence-electron chi connectivity index (χ0n) is 12.1. The Hall–Kier alpha value is -1.81. The minimum absolute atomic E-state index is 0.0757. The molecule has 4 heteroatoms. The van der Waals surface area contributed by atoms with Crippen molar-refractivity contribution in [2.45, 2.75) is 20.0 Å². The number of benzene rings is 2. The van der Waals surface area contributed by atoms with Gasteiger partial charge in [0.2, 0.25) is 0 Å². The minimum Gasteiger partial charge on any atom is -0.496 e. The van der Waals surface area contributed by atoms with Crippen LogP contribution >= 0.6 is 15.9 Å². The van der Waals surface area contributed by atoms with Crippen molar-refractivity contribution < 1.29 is 14.3 Å². The fourth-order valence-corrected chi connectivity index (χ4v) is 2.44. The van der Waals surface area contributed by atoms with Crippen molar-refractivity contribution in [1.82, 2.24) is 0 Å². The Morgan fingerprint density at radius 3 is 2.62 bits per heavy atom. The highest BCUT2D eigenvalue weighted by atomic mass is 79.9. The molecule has 0 amide bonds. The summed E-state index contributed by atoms with van der Waals surface area (Å²) < 4.78 is 12.1. The quantitative estimate of drug-likeness (QED) is 0.714. The lowest BCUT2D eigenvalue weighted by Crippen LogP contribution is -2.04. The molecule has 0 bridgehead atoms. The summed E-state index contributed by atoms with van der Waals surface area (Å²) in [6, 6.07) is 13.0. The molecular weight excluding hydrogens is 332 g/mol. The second-order valence-electron chi connectivity index (χ2n) is 4.52. The summed E-state index contributed by atoms with van der Waals surface area (Å²) in [4.78, 5) is 11.9. The van der Waals surface area contributed by atoms with E-state index < -0.39 is 0 Å². The van der Waals surface area contributed by atoms with Crippen LogP contribution in [0, 0.1) is 0 Å². The highest BCUT2D eigenvalue weighted by Crippen LogP contribution is 2.26. The lowest BCUT2D eigenvalue weighted by molar-refractivity contribution is 0.0983. The van der Waals surface area contributed by atoms with E-state index in [1.807, 2.05) is 43.3 Å². The molecule has 0 spiro atoms. The third-order valence-corrected chi connectivity index (χ3v) is 3.63. The Kier molecular flexibility index (Phi) is 5.39. The Labute approximate surface area is 133 Å². The molecule has 110 valence electrons. The van der Waals surface area contributed by atoms with Gasteiger partial charge in [-0.2, -0.15) is 0 Å². The number of methoxy groups -OCH3 is 1. The van der Waals surface area contributed by atoms with Crippen LogP contribution in [0.4, 0.5) is 0 Å². The van der Waals surface area contributed by atoms with Gasteiger partial charge in [0, 0.05) is 16.5 Å². The molecule has 3 nitrogen and oxygen atoms in total. The second kappa shape index (κ2) is 7.27. The second-order valence-corrected chi connectivity index (χ2v) is 5.43. The summed E-state index contributed by atoms with van der Waals surface area (Å²) in [7, 11) is 1.63. The van der Waals surface area contributed by atoms with Gasteiger partial charge in [0.05, 0.1) is 12.7 Å². The van der Waals surface area contributed by atoms with Gasteiger partial charge in [-0.05, 0) is 30.3 Å². The molecule has 0 N–H and O–H groups in total. The van der Waals surface area contributed by atoms with Gasteiger partial charge in [-0.15, -0.1) is 0 Å². The Balaban J connectivity index is 2.21. The van der Waals surface area contributed by atoms with Gasteiger partial charge in [-0.3, -0.25) is 4.79 Å².